The Kier molecular flexibility index (Phi) is 3.52. The van der Waals surface area contributed by atoms with Gasteiger partial charge in [-0.1, -0.05) is 5.92 Å². The van der Waals surface area contributed by atoms with Gasteiger partial charge in [-0.3, -0.25) is 4.79 Å². The lowest BCUT2D eigenvalue weighted by atomic mass is 10.1. The molecule has 18 heavy (non-hydrogen) atoms. The van der Waals surface area contributed by atoms with E-state index in [1.807, 2.05) is 0 Å². The van der Waals surface area contributed by atoms with E-state index in [-0.39, 0.29) is 23.8 Å². The van der Waals surface area contributed by atoms with Crippen molar-refractivity contribution in [2.45, 2.75) is 12.8 Å². The smallest absolute Gasteiger partial charge is 0.258 e. The minimum absolute atomic E-state index is 0.0901. The molecular formula is C14H14FNO2. The Balaban J connectivity index is 2.18. The van der Waals surface area contributed by atoms with Gasteiger partial charge in [-0.05, 0) is 30.9 Å². The van der Waals surface area contributed by atoms with Crippen LogP contribution >= 0.6 is 0 Å². The lowest BCUT2D eigenvalue weighted by Gasteiger charge is -2.20. The third kappa shape index (κ3) is 2.80. The SMILES string of the molecule is C#CCN(CC1CC1)C(=O)c1ccc(F)cc1O. The molecule has 0 bridgehead atoms. The molecule has 4 heteroatoms. The molecule has 1 aromatic rings. The van der Waals surface area contributed by atoms with Gasteiger partial charge in [0.2, 0.25) is 0 Å². The predicted octanol–water partition coefficient (Wildman–Crippen LogP) is 2.02. The van der Waals surface area contributed by atoms with E-state index < -0.39 is 5.82 Å². The average molecular weight is 247 g/mol. The molecule has 0 saturated heterocycles. The van der Waals surface area contributed by atoms with Crippen LogP contribution in [0.5, 0.6) is 5.75 Å². The molecular weight excluding hydrogens is 233 g/mol. The number of phenols is 1. The van der Waals surface area contributed by atoms with E-state index in [9.17, 15) is 14.3 Å². The molecule has 1 amide bonds. The quantitative estimate of drug-likeness (QED) is 0.827. The maximum absolute atomic E-state index is 12.9. The van der Waals surface area contributed by atoms with Gasteiger partial charge in [-0.2, -0.15) is 0 Å². The molecule has 94 valence electrons. The van der Waals surface area contributed by atoms with Crippen LogP contribution in [0.25, 0.3) is 0 Å². The molecule has 1 aromatic carbocycles. The second-order valence-electron chi connectivity index (χ2n) is 4.49. The van der Waals surface area contributed by atoms with Crippen LogP contribution in [-0.2, 0) is 0 Å². The highest BCUT2D eigenvalue weighted by Gasteiger charge is 2.27. The summed E-state index contributed by atoms with van der Waals surface area (Å²) in [5.41, 5.74) is 0.0901. The van der Waals surface area contributed by atoms with Crippen molar-refractivity contribution in [3.63, 3.8) is 0 Å². The van der Waals surface area contributed by atoms with Crippen molar-refractivity contribution in [2.24, 2.45) is 5.92 Å². The standard InChI is InChI=1S/C14H14FNO2/c1-2-7-16(9-10-3-4-10)14(18)12-6-5-11(15)8-13(12)17/h1,5-6,8,10,17H,3-4,7,9H2. The highest BCUT2D eigenvalue weighted by molar-refractivity contribution is 5.97. The first kappa shape index (κ1) is 12.4. The minimum atomic E-state index is -0.574. The Bertz CT molecular complexity index is 503. The lowest BCUT2D eigenvalue weighted by Crippen LogP contribution is -2.33. The number of terminal acetylenes is 1. The van der Waals surface area contributed by atoms with Crippen molar-refractivity contribution >= 4 is 5.91 Å². The van der Waals surface area contributed by atoms with Crippen LogP contribution in [-0.4, -0.2) is 29.0 Å². The molecule has 1 saturated carbocycles. The zero-order chi connectivity index (χ0) is 13.1. The minimum Gasteiger partial charge on any atom is -0.507 e. The van der Waals surface area contributed by atoms with Crippen molar-refractivity contribution < 1.29 is 14.3 Å². The molecule has 1 aliphatic rings. The number of hydrogen-bond donors (Lipinski definition) is 1. The Morgan fingerprint density at radius 1 is 1.56 bits per heavy atom. The van der Waals surface area contributed by atoms with Crippen LogP contribution in [0.2, 0.25) is 0 Å². The number of halogens is 1. The zero-order valence-electron chi connectivity index (χ0n) is 9.90. The summed E-state index contributed by atoms with van der Waals surface area (Å²) in [7, 11) is 0. The van der Waals surface area contributed by atoms with Crippen LogP contribution in [0.4, 0.5) is 4.39 Å². The van der Waals surface area contributed by atoms with Gasteiger partial charge in [0.1, 0.15) is 11.6 Å². The van der Waals surface area contributed by atoms with Gasteiger partial charge >= 0.3 is 0 Å². The van der Waals surface area contributed by atoms with E-state index in [2.05, 4.69) is 5.92 Å². The van der Waals surface area contributed by atoms with E-state index in [1.165, 1.54) is 11.0 Å². The van der Waals surface area contributed by atoms with E-state index >= 15 is 0 Å². The molecule has 0 heterocycles. The summed E-state index contributed by atoms with van der Waals surface area (Å²) < 4.78 is 12.9. The van der Waals surface area contributed by atoms with E-state index in [0.717, 1.165) is 25.0 Å². The van der Waals surface area contributed by atoms with Crippen LogP contribution in [0, 0.1) is 24.1 Å². The number of aromatic hydroxyl groups is 1. The molecule has 0 radical (unpaired) electrons. The summed E-state index contributed by atoms with van der Waals surface area (Å²) >= 11 is 0. The first-order chi connectivity index (χ1) is 8.61. The normalized spacial score (nSPS) is 14.0. The number of carbonyl (C=O) groups is 1. The fourth-order valence-electron chi connectivity index (χ4n) is 1.80. The number of carbonyl (C=O) groups excluding carboxylic acids is 1. The summed E-state index contributed by atoms with van der Waals surface area (Å²) in [5.74, 6) is 1.66. The summed E-state index contributed by atoms with van der Waals surface area (Å²) in [4.78, 5) is 13.7. The van der Waals surface area contributed by atoms with Gasteiger partial charge in [-0.15, -0.1) is 6.42 Å². The summed E-state index contributed by atoms with van der Waals surface area (Å²) in [6, 6.07) is 3.36. The maximum atomic E-state index is 12.9. The first-order valence-corrected chi connectivity index (χ1v) is 5.83. The molecule has 0 atom stereocenters. The van der Waals surface area contributed by atoms with Crippen molar-refractivity contribution in [1.82, 2.24) is 4.90 Å². The molecule has 0 spiro atoms. The Hall–Kier alpha value is -2.02. The predicted molar refractivity (Wildman–Crippen MR) is 65.5 cm³/mol. The van der Waals surface area contributed by atoms with E-state index in [1.54, 1.807) is 0 Å². The number of amides is 1. The van der Waals surface area contributed by atoms with Crippen molar-refractivity contribution in [2.75, 3.05) is 13.1 Å². The van der Waals surface area contributed by atoms with Crippen LogP contribution in [0.1, 0.15) is 23.2 Å². The molecule has 1 fully saturated rings. The monoisotopic (exact) mass is 247 g/mol. The van der Waals surface area contributed by atoms with Crippen LogP contribution < -0.4 is 0 Å². The fourth-order valence-corrected chi connectivity index (χ4v) is 1.80. The van der Waals surface area contributed by atoms with E-state index in [0.29, 0.717) is 12.5 Å². The molecule has 0 aromatic heterocycles. The third-order valence-corrected chi connectivity index (χ3v) is 2.94. The van der Waals surface area contributed by atoms with Gasteiger partial charge in [0, 0.05) is 12.6 Å². The van der Waals surface area contributed by atoms with Gasteiger partial charge in [0.25, 0.3) is 5.91 Å². The highest BCUT2D eigenvalue weighted by atomic mass is 19.1. The maximum Gasteiger partial charge on any atom is 0.258 e. The van der Waals surface area contributed by atoms with E-state index in [4.69, 9.17) is 6.42 Å². The van der Waals surface area contributed by atoms with Crippen LogP contribution in [0.15, 0.2) is 18.2 Å². The largest absolute Gasteiger partial charge is 0.507 e. The van der Waals surface area contributed by atoms with Gasteiger partial charge in [-0.25, -0.2) is 4.39 Å². The van der Waals surface area contributed by atoms with Crippen molar-refractivity contribution in [3.8, 4) is 18.1 Å². The third-order valence-electron chi connectivity index (χ3n) is 2.94. The number of hydrogen-bond acceptors (Lipinski definition) is 2. The number of phenolic OH excluding ortho intramolecular Hbond substituents is 1. The highest BCUT2D eigenvalue weighted by Crippen LogP contribution is 2.30. The number of benzene rings is 1. The Morgan fingerprint density at radius 3 is 2.83 bits per heavy atom. The molecule has 0 aliphatic heterocycles. The molecule has 1 aliphatic carbocycles. The second-order valence-corrected chi connectivity index (χ2v) is 4.49. The summed E-state index contributed by atoms with van der Waals surface area (Å²) in [6.45, 7) is 0.798. The second kappa shape index (κ2) is 5.09. The van der Waals surface area contributed by atoms with Gasteiger partial charge in [0.05, 0.1) is 12.1 Å². The topological polar surface area (TPSA) is 40.5 Å². The number of rotatable bonds is 4. The summed E-state index contributed by atoms with van der Waals surface area (Å²) in [6.07, 6.45) is 7.44. The lowest BCUT2D eigenvalue weighted by molar-refractivity contribution is 0.0766. The molecule has 0 unspecified atom stereocenters. The Labute approximate surface area is 105 Å². The summed E-state index contributed by atoms with van der Waals surface area (Å²) in [5, 5.41) is 9.59. The van der Waals surface area contributed by atoms with Gasteiger partial charge in [0.15, 0.2) is 0 Å². The average Bonchev–Trinajstić information content (AvgIpc) is 3.11. The molecule has 2 rings (SSSR count). The molecule has 3 nitrogen and oxygen atoms in total. The number of nitrogens with zero attached hydrogens (tertiary/aromatic N) is 1. The Morgan fingerprint density at radius 2 is 2.28 bits per heavy atom. The zero-order valence-corrected chi connectivity index (χ0v) is 9.90. The molecule has 1 N–H and O–H groups in total. The van der Waals surface area contributed by atoms with Gasteiger partial charge < -0.3 is 10.0 Å². The van der Waals surface area contributed by atoms with Crippen LogP contribution in [0.3, 0.4) is 0 Å². The van der Waals surface area contributed by atoms with Crippen molar-refractivity contribution in [1.29, 1.82) is 0 Å². The first-order valence-electron chi connectivity index (χ1n) is 5.83. The van der Waals surface area contributed by atoms with Crippen molar-refractivity contribution in [3.05, 3.63) is 29.6 Å². The fraction of sp³-hybridized carbons (Fsp3) is 0.357.